The Bertz CT molecular complexity index is 380. The summed E-state index contributed by atoms with van der Waals surface area (Å²) in [5.41, 5.74) is 0.691. The quantitative estimate of drug-likeness (QED) is 0.856. The molecule has 17 heavy (non-hydrogen) atoms. The summed E-state index contributed by atoms with van der Waals surface area (Å²) in [6.45, 7) is 3.86. The van der Waals surface area contributed by atoms with Gasteiger partial charge in [-0.05, 0) is 31.5 Å². The van der Waals surface area contributed by atoms with Gasteiger partial charge in [0, 0.05) is 12.7 Å². The zero-order chi connectivity index (χ0) is 13.1. The summed E-state index contributed by atoms with van der Waals surface area (Å²) in [5.74, 6) is 1.24. The summed E-state index contributed by atoms with van der Waals surface area (Å²) in [6, 6.07) is 3.64. The molecule has 1 rings (SSSR count). The number of benzene rings is 1. The van der Waals surface area contributed by atoms with Gasteiger partial charge in [-0.15, -0.1) is 0 Å². The molecule has 1 aromatic rings. The minimum absolute atomic E-state index is 0.406. The molecule has 96 valence electrons. The van der Waals surface area contributed by atoms with Crippen LogP contribution < -0.4 is 9.47 Å². The Morgan fingerprint density at radius 3 is 2.18 bits per heavy atom. The lowest BCUT2D eigenvalue weighted by Gasteiger charge is -2.21. The number of aliphatic hydroxyl groups is 1. The van der Waals surface area contributed by atoms with E-state index in [2.05, 4.69) is 0 Å². The lowest BCUT2D eigenvalue weighted by atomic mass is 9.95. The van der Waals surface area contributed by atoms with E-state index in [0.29, 0.717) is 18.1 Å². The smallest absolute Gasteiger partial charge is 0.166 e. The van der Waals surface area contributed by atoms with Gasteiger partial charge in [-0.1, -0.05) is 0 Å². The van der Waals surface area contributed by atoms with E-state index < -0.39 is 5.60 Å². The van der Waals surface area contributed by atoms with Crippen LogP contribution in [0.5, 0.6) is 11.5 Å². The first-order chi connectivity index (χ1) is 7.93. The molecule has 0 aromatic heterocycles. The first-order valence-corrected chi connectivity index (χ1v) is 5.40. The standard InChI is InChI=1S/C13H20O4/c1-13(2,14)10-6-9(8-15-3)12(17-5)11(7-10)16-4/h6-7,14H,8H2,1-5H3. The minimum Gasteiger partial charge on any atom is -0.493 e. The van der Waals surface area contributed by atoms with Crippen molar-refractivity contribution in [1.82, 2.24) is 0 Å². The summed E-state index contributed by atoms with van der Waals surface area (Å²) in [4.78, 5) is 0. The van der Waals surface area contributed by atoms with E-state index in [-0.39, 0.29) is 0 Å². The second-order valence-corrected chi connectivity index (χ2v) is 4.36. The van der Waals surface area contributed by atoms with Crippen LogP contribution in [0.15, 0.2) is 12.1 Å². The molecule has 0 aliphatic heterocycles. The summed E-state index contributed by atoms with van der Waals surface area (Å²) >= 11 is 0. The van der Waals surface area contributed by atoms with Gasteiger partial charge in [-0.3, -0.25) is 0 Å². The number of hydrogen-bond donors (Lipinski definition) is 1. The average Bonchev–Trinajstić information content (AvgIpc) is 2.27. The Labute approximate surface area is 102 Å². The van der Waals surface area contributed by atoms with Gasteiger partial charge in [0.2, 0.25) is 0 Å². The first kappa shape index (κ1) is 13.8. The number of hydrogen-bond acceptors (Lipinski definition) is 4. The van der Waals surface area contributed by atoms with Crippen molar-refractivity contribution in [3.05, 3.63) is 23.3 Å². The van der Waals surface area contributed by atoms with Gasteiger partial charge in [-0.2, -0.15) is 0 Å². The van der Waals surface area contributed by atoms with Gasteiger partial charge >= 0.3 is 0 Å². The van der Waals surface area contributed by atoms with Crippen molar-refractivity contribution in [2.75, 3.05) is 21.3 Å². The van der Waals surface area contributed by atoms with Crippen LogP contribution in [0.4, 0.5) is 0 Å². The number of methoxy groups -OCH3 is 3. The molecule has 0 aliphatic rings. The van der Waals surface area contributed by atoms with Gasteiger partial charge in [0.1, 0.15) is 0 Å². The Morgan fingerprint density at radius 1 is 1.12 bits per heavy atom. The lowest BCUT2D eigenvalue weighted by molar-refractivity contribution is 0.0778. The van der Waals surface area contributed by atoms with Gasteiger partial charge in [0.05, 0.1) is 26.4 Å². The van der Waals surface area contributed by atoms with Crippen LogP contribution in [-0.2, 0) is 16.9 Å². The van der Waals surface area contributed by atoms with E-state index in [1.807, 2.05) is 6.07 Å². The fraction of sp³-hybridized carbons (Fsp3) is 0.538. The second kappa shape index (κ2) is 5.38. The van der Waals surface area contributed by atoms with Crippen LogP contribution >= 0.6 is 0 Å². The summed E-state index contributed by atoms with van der Waals surface area (Å²) in [7, 11) is 4.77. The first-order valence-electron chi connectivity index (χ1n) is 5.40. The van der Waals surface area contributed by atoms with Crippen LogP contribution in [0, 0.1) is 0 Å². The SMILES string of the molecule is COCc1cc(C(C)(C)O)cc(OC)c1OC. The molecule has 0 unspecified atom stereocenters. The molecule has 0 amide bonds. The zero-order valence-corrected chi connectivity index (χ0v) is 11.0. The van der Waals surface area contributed by atoms with Crippen molar-refractivity contribution >= 4 is 0 Å². The highest BCUT2D eigenvalue weighted by Gasteiger charge is 2.21. The highest BCUT2D eigenvalue weighted by molar-refractivity contribution is 5.50. The molecule has 1 aromatic carbocycles. The van der Waals surface area contributed by atoms with Crippen LogP contribution in [0.25, 0.3) is 0 Å². The molecule has 0 bridgehead atoms. The van der Waals surface area contributed by atoms with Crippen molar-refractivity contribution in [1.29, 1.82) is 0 Å². The molecule has 0 radical (unpaired) electrons. The molecular weight excluding hydrogens is 220 g/mol. The van der Waals surface area contributed by atoms with E-state index in [9.17, 15) is 5.11 Å². The topological polar surface area (TPSA) is 47.9 Å². The minimum atomic E-state index is -0.929. The van der Waals surface area contributed by atoms with E-state index in [1.54, 1.807) is 41.2 Å². The van der Waals surface area contributed by atoms with Gasteiger partial charge < -0.3 is 19.3 Å². The third-order valence-electron chi connectivity index (χ3n) is 2.56. The van der Waals surface area contributed by atoms with E-state index in [1.165, 1.54) is 0 Å². The average molecular weight is 240 g/mol. The monoisotopic (exact) mass is 240 g/mol. The van der Waals surface area contributed by atoms with Crippen LogP contribution in [-0.4, -0.2) is 26.4 Å². The van der Waals surface area contributed by atoms with Gasteiger partial charge in [-0.25, -0.2) is 0 Å². The molecule has 0 heterocycles. The Morgan fingerprint density at radius 2 is 1.76 bits per heavy atom. The van der Waals surface area contributed by atoms with Crippen molar-refractivity contribution in [3.8, 4) is 11.5 Å². The molecule has 0 atom stereocenters. The Kier molecular flexibility index (Phi) is 4.37. The summed E-state index contributed by atoms with van der Waals surface area (Å²) in [5, 5.41) is 10.0. The summed E-state index contributed by atoms with van der Waals surface area (Å²) in [6.07, 6.45) is 0. The lowest BCUT2D eigenvalue weighted by Crippen LogP contribution is -2.16. The third kappa shape index (κ3) is 3.11. The largest absolute Gasteiger partial charge is 0.493 e. The maximum atomic E-state index is 10.0. The molecule has 4 nitrogen and oxygen atoms in total. The molecule has 4 heteroatoms. The van der Waals surface area contributed by atoms with Gasteiger partial charge in [0.15, 0.2) is 11.5 Å². The number of ether oxygens (including phenoxy) is 3. The van der Waals surface area contributed by atoms with Crippen LogP contribution in [0.1, 0.15) is 25.0 Å². The molecule has 0 saturated heterocycles. The summed E-state index contributed by atoms with van der Waals surface area (Å²) < 4.78 is 15.7. The number of rotatable bonds is 5. The fourth-order valence-electron chi connectivity index (χ4n) is 1.66. The van der Waals surface area contributed by atoms with Crippen molar-refractivity contribution in [2.45, 2.75) is 26.1 Å². The highest BCUT2D eigenvalue weighted by Crippen LogP contribution is 2.36. The predicted octanol–water partition coefficient (Wildman–Crippen LogP) is 2.08. The molecule has 0 aliphatic carbocycles. The van der Waals surface area contributed by atoms with E-state index in [0.717, 1.165) is 11.1 Å². The Balaban J connectivity index is 3.34. The predicted molar refractivity (Wildman–Crippen MR) is 65.5 cm³/mol. The van der Waals surface area contributed by atoms with Gasteiger partial charge in [0.25, 0.3) is 0 Å². The maximum absolute atomic E-state index is 10.0. The second-order valence-electron chi connectivity index (χ2n) is 4.36. The molecule has 0 fully saturated rings. The van der Waals surface area contributed by atoms with Crippen molar-refractivity contribution in [3.63, 3.8) is 0 Å². The third-order valence-corrected chi connectivity index (χ3v) is 2.56. The fourth-order valence-corrected chi connectivity index (χ4v) is 1.66. The zero-order valence-electron chi connectivity index (χ0n) is 11.0. The van der Waals surface area contributed by atoms with E-state index >= 15 is 0 Å². The van der Waals surface area contributed by atoms with Crippen molar-refractivity contribution in [2.24, 2.45) is 0 Å². The molecular formula is C13H20O4. The van der Waals surface area contributed by atoms with E-state index in [4.69, 9.17) is 14.2 Å². The van der Waals surface area contributed by atoms with Crippen LogP contribution in [0.3, 0.4) is 0 Å². The molecule has 1 N–H and O–H groups in total. The normalized spacial score (nSPS) is 11.4. The maximum Gasteiger partial charge on any atom is 0.166 e. The van der Waals surface area contributed by atoms with Crippen LogP contribution in [0.2, 0.25) is 0 Å². The highest BCUT2D eigenvalue weighted by atomic mass is 16.5. The molecule has 0 saturated carbocycles. The Hall–Kier alpha value is -1.26. The molecule has 0 spiro atoms. The van der Waals surface area contributed by atoms with Crippen molar-refractivity contribution < 1.29 is 19.3 Å².